The highest BCUT2D eigenvalue weighted by atomic mass is 16.3. The van der Waals surface area contributed by atoms with Gasteiger partial charge in [-0.05, 0) is 38.4 Å². The predicted octanol–water partition coefficient (Wildman–Crippen LogP) is 1.80. The Hall–Kier alpha value is -1.19. The Morgan fingerprint density at radius 2 is 1.94 bits per heavy atom. The summed E-state index contributed by atoms with van der Waals surface area (Å²) in [5.41, 5.74) is 0.123. The lowest BCUT2D eigenvalue weighted by atomic mass is 9.93. The van der Waals surface area contributed by atoms with Gasteiger partial charge in [0, 0.05) is 12.5 Å². The van der Waals surface area contributed by atoms with E-state index in [1.165, 1.54) is 0 Å². The molecule has 0 aromatic heterocycles. The van der Waals surface area contributed by atoms with E-state index in [9.17, 15) is 9.90 Å². The van der Waals surface area contributed by atoms with E-state index < -0.39 is 5.60 Å². The second-order valence-corrected chi connectivity index (χ2v) is 5.39. The normalized spacial score (nSPS) is 21.4. The number of aldehydes is 1. The summed E-state index contributed by atoms with van der Waals surface area (Å²) in [6, 6.07) is 9.76. The first-order valence-corrected chi connectivity index (χ1v) is 6.57. The molecule has 2 rings (SSSR count). The molecule has 0 saturated carbocycles. The Morgan fingerprint density at radius 3 is 2.50 bits per heavy atom. The Bertz CT molecular complexity index is 381. The first-order valence-electron chi connectivity index (χ1n) is 6.57. The zero-order chi connectivity index (χ0) is 13.0. The molecule has 0 spiro atoms. The summed E-state index contributed by atoms with van der Waals surface area (Å²) in [5.74, 6) is 0.211. The topological polar surface area (TPSA) is 40.5 Å². The molecule has 98 valence electrons. The zero-order valence-corrected chi connectivity index (χ0v) is 10.9. The molecular weight excluding hydrogens is 226 g/mol. The largest absolute Gasteiger partial charge is 0.384 e. The summed E-state index contributed by atoms with van der Waals surface area (Å²) in [5, 5.41) is 10.5. The Kier molecular flexibility index (Phi) is 4.15. The highest BCUT2D eigenvalue weighted by Gasteiger charge is 2.28. The van der Waals surface area contributed by atoms with E-state index in [0.717, 1.165) is 37.8 Å². The molecule has 1 aromatic rings. The molecule has 1 aromatic carbocycles. The standard InChI is InChI=1S/C15H21NO2/c1-15(18,14-5-3-2-4-6-14)12-16-9-7-13(11-17)8-10-16/h2-6,11,13,18H,7-10,12H2,1H3. The van der Waals surface area contributed by atoms with E-state index in [1.807, 2.05) is 37.3 Å². The lowest BCUT2D eigenvalue weighted by molar-refractivity contribution is -0.112. The average Bonchev–Trinajstić information content (AvgIpc) is 2.40. The van der Waals surface area contributed by atoms with Gasteiger partial charge in [-0.1, -0.05) is 30.3 Å². The van der Waals surface area contributed by atoms with Crippen LogP contribution in [0, 0.1) is 5.92 Å². The van der Waals surface area contributed by atoms with Gasteiger partial charge in [0.15, 0.2) is 0 Å². The number of rotatable bonds is 4. The number of piperidine rings is 1. The van der Waals surface area contributed by atoms with Gasteiger partial charge >= 0.3 is 0 Å². The average molecular weight is 247 g/mol. The molecule has 1 aliphatic rings. The van der Waals surface area contributed by atoms with Crippen molar-refractivity contribution in [1.29, 1.82) is 0 Å². The summed E-state index contributed by atoms with van der Waals surface area (Å²) < 4.78 is 0. The van der Waals surface area contributed by atoms with Crippen LogP contribution in [-0.4, -0.2) is 35.9 Å². The third-order valence-corrected chi connectivity index (χ3v) is 3.75. The van der Waals surface area contributed by atoms with Gasteiger partial charge in [0.05, 0.1) is 5.60 Å². The van der Waals surface area contributed by atoms with Crippen molar-refractivity contribution in [3.63, 3.8) is 0 Å². The number of hydrogen-bond acceptors (Lipinski definition) is 3. The summed E-state index contributed by atoms with van der Waals surface area (Å²) >= 11 is 0. The van der Waals surface area contributed by atoms with Crippen LogP contribution in [0.2, 0.25) is 0 Å². The van der Waals surface area contributed by atoms with Gasteiger partial charge < -0.3 is 14.8 Å². The molecular formula is C15H21NO2. The number of hydrogen-bond donors (Lipinski definition) is 1. The van der Waals surface area contributed by atoms with Gasteiger partial charge in [0.2, 0.25) is 0 Å². The number of carbonyl (C=O) groups excluding carboxylic acids is 1. The fraction of sp³-hybridized carbons (Fsp3) is 0.533. The molecule has 1 N–H and O–H groups in total. The summed E-state index contributed by atoms with van der Waals surface area (Å²) in [7, 11) is 0. The van der Waals surface area contributed by atoms with E-state index in [4.69, 9.17) is 0 Å². The second-order valence-electron chi connectivity index (χ2n) is 5.39. The van der Waals surface area contributed by atoms with Crippen molar-refractivity contribution >= 4 is 6.29 Å². The number of likely N-dealkylation sites (tertiary alicyclic amines) is 1. The van der Waals surface area contributed by atoms with Crippen molar-refractivity contribution in [3.8, 4) is 0 Å². The van der Waals surface area contributed by atoms with E-state index in [2.05, 4.69) is 4.90 Å². The monoisotopic (exact) mass is 247 g/mol. The molecule has 3 nitrogen and oxygen atoms in total. The molecule has 18 heavy (non-hydrogen) atoms. The molecule has 1 aliphatic heterocycles. The minimum Gasteiger partial charge on any atom is -0.384 e. The van der Waals surface area contributed by atoms with Crippen LogP contribution in [0.15, 0.2) is 30.3 Å². The molecule has 1 unspecified atom stereocenters. The SMILES string of the molecule is CC(O)(CN1CCC(C=O)CC1)c1ccccc1. The second kappa shape index (κ2) is 5.63. The highest BCUT2D eigenvalue weighted by molar-refractivity contribution is 5.53. The first-order chi connectivity index (χ1) is 8.62. The molecule has 0 amide bonds. The van der Waals surface area contributed by atoms with Gasteiger partial charge in [-0.25, -0.2) is 0 Å². The van der Waals surface area contributed by atoms with Crippen molar-refractivity contribution < 1.29 is 9.90 Å². The van der Waals surface area contributed by atoms with E-state index in [1.54, 1.807) is 0 Å². The lowest BCUT2D eigenvalue weighted by Crippen LogP contribution is -2.43. The van der Waals surface area contributed by atoms with Crippen molar-refractivity contribution in [2.45, 2.75) is 25.4 Å². The van der Waals surface area contributed by atoms with Gasteiger partial charge in [-0.2, -0.15) is 0 Å². The Labute approximate surface area is 108 Å². The number of aliphatic hydroxyl groups is 1. The maximum Gasteiger partial charge on any atom is 0.123 e. The molecule has 1 atom stereocenters. The van der Waals surface area contributed by atoms with Crippen LogP contribution in [0.5, 0.6) is 0 Å². The summed E-state index contributed by atoms with van der Waals surface area (Å²) in [6.07, 6.45) is 2.88. The van der Waals surface area contributed by atoms with E-state index >= 15 is 0 Å². The summed E-state index contributed by atoms with van der Waals surface area (Å²) in [4.78, 5) is 12.9. The van der Waals surface area contributed by atoms with Crippen molar-refractivity contribution in [2.24, 2.45) is 5.92 Å². The van der Waals surface area contributed by atoms with Crippen molar-refractivity contribution in [2.75, 3.05) is 19.6 Å². The smallest absolute Gasteiger partial charge is 0.123 e. The van der Waals surface area contributed by atoms with Crippen LogP contribution in [-0.2, 0) is 10.4 Å². The lowest BCUT2D eigenvalue weighted by Gasteiger charge is -2.35. The number of β-amino-alcohol motifs (C(OH)–C–C–N with tert-alkyl or cyclic N) is 1. The van der Waals surface area contributed by atoms with Crippen LogP contribution in [0.4, 0.5) is 0 Å². The van der Waals surface area contributed by atoms with Gasteiger partial charge in [0.1, 0.15) is 6.29 Å². The Morgan fingerprint density at radius 1 is 1.33 bits per heavy atom. The fourth-order valence-corrected chi connectivity index (χ4v) is 2.57. The number of nitrogens with zero attached hydrogens (tertiary/aromatic N) is 1. The van der Waals surface area contributed by atoms with Crippen LogP contribution < -0.4 is 0 Å². The highest BCUT2D eigenvalue weighted by Crippen LogP contribution is 2.24. The number of carbonyl (C=O) groups is 1. The third kappa shape index (κ3) is 3.18. The summed E-state index contributed by atoms with van der Waals surface area (Å²) in [6.45, 7) is 4.27. The maximum absolute atomic E-state index is 10.7. The molecule has 1 heterocycles. The van der Waals surface area contributed by atoms with Crippen LogP contribution >= 0.6 is 0 Å². The van der Waals surface area contributed by atoms with Gasteiger partial charge in [-0.15, -0.1) is 0 Å². The van der Waals surface area contributed by atoms with E-state index in [0.29, 0.717) is 6.54 Å². The predicted molar refractivity (Wildman–Crippen MR) is 71.2 cm³/mol. The molecule has 1 fully saturated rings. The van der Waals surface area contributed by atoms with E-state index in [-0.39, 0.29) is 5.92 Å². The van der Waals surface area contributed by atoms with Crippen molar-refractivity contribution in [1.82, 2.24) is 4.90 Å². The van der Waals surface area contributed by atoms with Gasteiger partial charge in [-0.3, -0.25) is 0 Å². The minimum atomic E-state index is -0.824. The fourth-order valence-electron chi connectivity index (χ4n) is 2.57. The minimum absolute atomic E-state index is 0.211. The molecule has 1 saturated heterocycles. The first kappa shape index (κ1) is 13.2. The molecule has 0 aliphatic carbocycles. The Balaban J connectivity index is 1.95. The quantitative estimate of drug-likeness (QED) is 0.825. The van der Waals surface area contributed by atoms with Crippen LogP contribution in [0.25, 0.3) is 0 Å². The molecule has 3 heteroatoms. The number of benzene rings is 1. The zero-order valence-electron chi connectivity index (χ0n) is 10.9. The maximum atomic E-state index is 10.7. The third-order valence-electron chi connectivity index (χ3n) is 3.75. The molecule has 0 bridgehead atoms. The van der Waals surface area contributed by atoms with Crippen molar-refractivity contribution in [3.05, 3.63) is 35.9 Å². The molecule has 0 radical (unpaired) electrons. The van der Waals surface area contributed by atoms with Crippen LogP contribution in [0.3, 0.4) is 0 Å². The van der Waals surface area contributed by atoms with Gasteiger partial charge in [0.25, 0.3) is 0 Å². The van der Waals surface area contributed by atoms with Crippen LogP contribution in [0.1, 0.15) is 25.3 Å².